The fourth-order valence-corrected chi connectivity index (χ4v) is 2.44. The molecule has 0 saturated heterocycles. The zero-order valence-electron chi connectivity index (χ0n) is 9.81. The van der Waals surface area contributed by atoms with E-state index in [-0.39, 0.29) is 0 Å². The Morgan fingerprint density at radius 1 is 1.17 bits per heavy atom. The molecule has 0 unspecified atom stereocenters. The van der Waals surface area contributed by atoms with Crippen LogP contribution < -0.4 is 5.32 Å². The highest BCUT2D eigenvalue weighted by Crippen LogP contribution is 2.27. The first kappa shape index (κ1) is 13.7. The summed E-state index contributed by atoms with van der Waals surface area (Å²) in [5.74, 6) is 0. The van der Waals surface area contributed by atoms with Crippen LogP contribution in [0.15, 0.2) is 40.9 Å². The Labute approximate surface area is 125 Å². The van der Waals surface area contributed by atoms with Crippen molar-refractivity contribution in [2.24, 2.45) is 0 Å². The zero-order valence-corrected chi connectivity index (χ0v) is 12.9. The first-order chi connectivity index (χ1) is 8.58. The molecule has 1 nitrogen and oxygen atoms in total. The van der Waals surface area contributed by atoms with Gasteiger partial charge in [-0.3, -0.25) is 0 Å². The Balaban J connectivity index is 2.16. The molecule has 2 rings (SSSR count). The van der Waals surface area contributed by atoms with Crippen molar-refractivity contribution in [1.29, 1.82) is 0 Å². The average molecular weight is 345 g/mol. The molecule has 94 valence electrons. The number of hydrogen-bond donors (Lipinski definition) is 1. The predicted octanol–water partition coefficient (Wildman–Crippen LogP) is 5.68. The zero-order chi connectivity index (χ0) is 13.1. The molecule has 0 spiro atoms. The van der Waals surface area contributed by atoms with Crippen LogP contribution in [0.25, 0.3) is 0 Å². The minimum atomic E-state index is 0.640. The van der Waals surface area contributed by atoms with Crippen LogP contribution in [0.5, 0.6) is 0 Å². The molecule has 0 atom stereocenters. The van der Waals surface area contributed by atoms with E-state index in [1.807, 2.05) is 43.3 Å². The van der Waals surface area contributed by atoms with Crippen molar-refractivity contribution in [2.45, 2.75) is 13.5 Å². The Morgan fingerprint density at radius 2 is 1.94 bits per heavy atom. The molecule has 0 aromatic heterocycles. The van der Waals surface area contributed by atoms with E-state index in [1.54, 1.807) is 0 Å². The van der Waals surface area contributed by atoms with E-state index in [2.05, 4.69) is 21.2 Å². The second kappa shape index (κ2) is 5.96. The predicted molar refractivity (Wildman–Crippen MR) is 82.7 cm³/mol. The van der Waals surface area contributed by atoms with Gasteiger partial charge >= 0.3 is 0 Å². The van der Waals surface area contributed by atoms with Crippen LogP contribution in [-0.4, -0.2) is 0 Å². The van der Waals surface area contributed by atoms with Crippen molar-refractivity contribution < 1.29 is 0 Å². The van der Waals surface area contributed by atoms with Gasteiger partial charge in [-0.2, -0.15) is 0 Å². The van der Waals surface area contributed by atoms with Crippen LogP contribution in [0, 0.1) is 6.92 Å². The smallest absolute Gasteiger partial charge is 0.0666 e. The maximum atomic E-state index is 6.23. The number of anilines is 1. The summed E-state index contributed by atoms with van der Waals surface area (Å²) < 4.78 is 1.01. The lowest BCUT2D eigenvalue weighted by Gasteiger charge is -2.11. The van der Waals surface area contributed by atoms with E-state index in [0.29, 0.717) is 6.54 Å². The SMILES string of the molecule is Cc1cccc(NCc2cc(Br)ccc2Cl)c1Cl. The Kier molecular flexibility index (Phi) is 4.55. The molecule has 1 N–H and O–H groups in total. The van der Waals surface area contributed by atoms with E-state index in [4.69, 9.17) is 23.2 Å². The summed E-state index contributed by atoms with van der Waals surface area (Å²) in [4.78, 5) is 0. The van der Waals surface area contributed by atoms with Crippen LogP contribution in [0.2, 0.25) is 10.0 Å². The molecule has 0 heterocycles. The lowest BCUT2D eigenvalue weighted by molar-refractivity contribution is 1.14. The van der Waals surface area contributed by atoms with Crippen LogP contribution in [0.3, 0.4) is 0 Å². The summed E-state index contributed by atoms with van der Waals surface area (Å²) in [5.41, 5.74) is 3.01. The number of rotatable bonds is 3. The molecular weight excluding hydrogens is 333 g/mol. The van der Waals surface area contributed by atoms with Gasteiger partial charge in [-0.1, -0.05) is 51.3 Å². The number of benzene rings is 2. The molecule has 2 aromatic carbocycles. The monoisotopic (exact) mass is 343 g/mol. The van der Waals surface area contributed by atoms with Gasteiger partial charge in [0, 0.05) is 16.0 Å². The number of halogens is 3. The average Bonchev–Trinajstić information content (AvgIpc) is 2.35. The fourth-order valence-electron chi connectivity index (χ4n) is 1.65. The molecule has 0 fully saturated rings. The summed E-state index contributed by atoms with van der Waals surface area (Å²) in [6.45, 7) is 2.63. The number of hydrogen-bond acceptors (Lipinski definition) is 1. The summed E-state index contributed by atoms with van der Waals surface area (Å²) in [7, 11) is 0. The van der Waals surface area contributed by atoms with Gasteiger partial charge in [-0.05, 0) is 42.3 Å². The van der Waals surface area contributed by atoms with Gasteiger partial charge in [-0.15, -0.1) is 0 Å². The summed E-state index contributed by atoms with van der Waals surface area (Å²) in [5, 5.41) is 4.80. The van der Waals surface area contributed by atoms with Gasteiger partial charge < -0.3 is 5.32 Å². The summed E-state index contributed by atoms with van der Waals surface area (Å²) >= 11 is 15.8. The van der Waals surface area contributed by atoms with E-state index in [9.17, 15) is 0 Å². The minimum Gasteiger partial charge on any atom is -0.380 e. The van der Waals surface area contributed by atoms with E-state index in [1.165, 1.54) is 0 Å². The van der Waals surface area contributed by atoms with Crippen LogP contribution in [0.1, 0.15) is 11.1 Å². The molecule has 0 aliphatic rings. The fraction of sp³-hybridized carbons (Fsp3) is 0.143. The van der Waals surface area contributed by atoms with E-state index in [0.717, 1.165) is 31.3 Å². The van der Waals surface area contributed by atoms with Crippen molar-refractivity contribution in [3.05, 3.63) is 62.0 Å². The highest BCUT2D eigenvalue weighted by atomic mass is 79.9. The molecule has 0 aliphatic carbocycles. The Hall–Kier alpha value is -0.700. The van der Waals surface area contributed by atoms with Crippen LogP contribution in [-0.2, 0) is 6.54 Å². The second-order valence-electron chi connectivity index (χ2n) is 4.03. The topological polar surface area (TPSA) is 12.0 Å². The minimum absolute atomic E-state index is 0.640. The van der Waals surface area contributed by atoms with Crippen molar-refractivity contribution in [3.63, 3.8) is 0 Å². The van der Waals surface area contributed by atoms with Gasteiger partial charge in [0.15, 0.2) is 0 Å². The Morgan fingerprint density at radius 3 is 2.72 bits per heavy atom. The van der Waals surface area contributed by atoms with Crippen molar-refractivity contribution in [1.82, 2.24) is 0 Å². The molecule has 0 aliphatic heterocycles. The summed E-state index contributed by atoms with van der Waals surface area (Å²) in [6, 6.07) is 11.7. The van der Waals surface area contributed by atoms with Crippen molar-refractivity contribution >= 4 is 44.8 Å². The van der Waals surface area contributed by atoms with E-state index >= 15 is 0 Å². The molecular formula is C14H12BrCl2N. The third-order valence-electron chi connectivity index (χ3n) is 2.67. The van der Waals surface area contributed by atoms with Crippen LogP contribution >= 0.6 is 39.1 Å². The molecule has 0 radical (unpaired) electrons. The highest BCUT2D eigenvalue weighted by molar-refractivity contribution is 9.10. The van der Waals surface area contributed by atoms with Gasteiger partial charge in [0.05, 0.1) is 10.7 Å². The molecule has 0 saturated carbocycles. The lowest BCUT2D eigenvalue weighted by atomic mass is 10.2. The maximum absolute atomic E-state index is 6.23. The van der Waals surface area contributed by atoms with Gasteiger partial charge in [0.1, 0.15) is 0 Å². The van der Waals surface area contributed by atoms with E-state index < -0.39 is 0 Å². The third kappa shape index (κ3) is 3.19. The van der Waals surface area contributed by atoms with Crippen LogP contribution in [0.4, 0.5) is 5.69 Å². The molecule has 2 aromatic rings. The lowest BCUT2D eigenvalue weighted by Crippen LogP contribution is -2.01. The number of nitrogens with one attached hydrogen (secondary N) is 1. The summed E-state index contributed by atoms with van der Waals surface area (Å²) in [6.07, 6.45) is 0. The van der Waals surface area contributed by atoms with Gasteiger partial charge in [-0.25, -0.2) is 0 Å². The molecule has 4 heteroatoms. The largest absolute Gasteiger partial charge is 0.380 e. The number of aryl methyl sites for hydroxylation is 1. The molecule has 0 bridgehead atoms. The Bertz CT molecular complexity index is 568. The first-order valence-corrected chi connectivity index (χ1v) is 7.06. The second-order valence-corrected chi connectivity index (χ2v) is 5.73. The maximum Gasteiger partial charge on any atom is 0.0666 e. The normalized spacial score (nSPS) is 10.4. The van der Waals surface area contributed by atoms with Gasteiger partial charge in [0.2, 0.25) is 0 Å². The quantitative estimate of drug-likeness (QED) is 0.755. The third-order valence-corrected chi connectivity index (χ3v) is 4.03. The van der Waals surface area contributed by atoms with Crippen molar-refractivity contribution in [2.75, 3.05) is 5.32 Å². The van der Waals surface area contributed by atoms with Crippen molar-refractivity contribution in [3.8, 4) is 0 Å². The standard InChI is InChI=1S/C14H12BrCl2N/c1-9-3-2-4-13(14(9)17)18-8-10-7-11(15)5-6-12(10)16/h2-7,18H,8H2,1H3. The highest BCUT2D eigenvalue weighted by Gasteiger charge is 2.04. The van der Waals surface area contributed by atoms with Gasteiger partial charge in [0.25, 0.3) is 0 Å². The molecule has 0 amide bonds. The molecule has 18 heavy (non-hydrogen) atoms. The first-order valence-electron chi connectivity index (χ1n) is 5.51.